The van der Waals surface area contributed by atoms with Crippen LogP contribution in [0.25, 0.3) is 0 Å². The van der Waals surface area contributed by atoms with E-state index in [9.17, 15) is 0 Å². The van der Waals surface area contributed by atoms with Gasteiger partial charge < -0.3 is 9.47 Å². The fraction of sp³-hybridized carbons (Fsp3) is 0.294. The topological polar surface area (TPSA) is 18.5 Å². The van der Waals surface area contributed by atoms with Crippen LogP contribution >= 0.6 is 11.6 Å². The van der Waals surface area contributed by atoms with Gasteiger partial charge in [-0.2, -0.15) is 0 Å². The maximum atomic E-state index is 5.81. The van der Waals surface area contributed by atoms with E-state index in [1.807, 2.05) is 18.2 Å². The molecule has 0 aliphatic rings. The molecule has 0 aliphatic heterocycles. The van der Waals surface area contributed by atoms with E-state index in [1.165, 1.54) is 11.1 Å². The van der Waals surface area contributed by atoms with Crippen LogP contribution in [-0.4, -0.2) is 13.7 Å². The molecule has 2 aromatic carbocycles. The summed E-state index contributed by atoms with van der Waals surface area (Å²) < 4.78 is 11.1. The number of ether oxygens (including phenoxy) is 2. The highest BCUT2D eigenvalue weighted by atomic mass is 35.5. The minimum Gasteiger partial charge on any atom is -0.493 e. The first-order valence-corrected chi connectivity index (χ1v) is 7.17. The van der Waals surface area contributed by atoms with E-state index in [0.29, 0.717) is 12.5 Å². The third-order valence-corrected chi connectivity index (χ3v) is 3.42. The predicted octanol–water partition coefficient (Wildman–Crippen LogP) is 4.36. The van der Waals surface area contributed by atoms with Crippen molar-refractivity contribution in [3.63, 3.8) is 0 Å². The lowest BCUT2D eigenvalue weighted by Crippen LogP contribution is -2.03. The molecule has 106 valence electrons. The molecule has 0 N–H and O–H groups in total. The van der Waals surface area contributed by atoms with Crippen LogP contribution in [-0.2, 0) is 12.3 Å². The molecule has 0 aromatic heterocycles. The minimum absolute atomic E-state index is 0.472. The smallest absolute Gasteiger partial charge is 0.161 e. The van der Waals surface area contributed by atoms with Gasteiger partial charge in [-0.15, -0.1) is 11.6 Å². The normalized spacial score (nSPS) is 10.3. The fourth-order valence-corrected chi connectivity index (χ4v) is 2.23. The molecule has 0 heterocycles. The lowest BCUT2D eigenvalue weighted by molar-refractivity contribution is 0.297. The molecule has 0 fully saturated rings. The summed E-state index contributed by atoms with van der Waals surface area (Å²) in [5.41, 5.74) is 3.57. The number of aryl methyl sites for hydroxylation is 1. The van der Waals surface area contributed by atoms with Crippen molar-refractivity contribution in [1.82, 2.24) is 0 Å². The zero-order chi connectivity index (χ0) is 14.4. The molecule has 3 heteroatoms. The Kier molecular flexibility index (Phi) is 5.31. The van der Waals surface area contributed by atoms with Crippen molar-refractivity contribution in [1.29, 1.82) is 0 Å². The third-order valence-electron chi connectivity index (χ3n) is 3.11. The Morgan fingerprint density at radius 3 is 2.55 bits per heavy atom. The van der Waals surface area contributed by atoms with Crippen LogP contribution in [0.15, 0.2) is 42.5 Å². The van der Waals surface area contributed by atoms with Gasteiger partial charge in [-0.05, 0) is 30.2 Å². The van der Waals surface area contributed by atoms with E-state index >= 15 is 0 Å². The SMILES string of the molecule is COc1cc(CCl)ccc1OCCc1cccc(C)c1. The summed E-state index contributed by atoms with van der Waals surface area (Å²) in [6.07, 6.45) is 0.877. The van der Waals surface area contributed by atoms with Gasteiger partial charge in [-0.1, -0.05) is 35.9 Å². The third kappa shape index (κ3) is 3.91. The quantitative estimate of drug-likeness (QED) is 0.736. The average Bonchev–Trinajstić information content (AvgIpc) is 2.47. The van der Waals surface area contributed by atoms with E-state index < -0.39 is 0 Å². The van der Waals surface area contributed by atoms with Crippen LogP contribution in [0.2, 0.25) is 0 Å². The molecular formula is C17H19ClO2. The van der Waals surface area contributed by atoms with Crippen LogP contribution in [0.4, 0.5) is 0 Å². The second kappa shape index (κ2) is 7.20. The number of rotatable bonds is 6. The Hall–Kier alpha value is -1.67. The van der Waals surface area contributed by atoms with Gasteiger partial charge in [0.05, 0.1) is 13.7 Å². The Labute approximate surface area is 125 Å². The van der Waals surface area contributed by atoms with E-state index in [1.54, 1.807) is 7.11 Å². The van der Waals surface area contributed by atoms with Gasteiger partial charge in [-0.3, -0.25) is 0 Å². The number of methoxy groups -OCH3 is 1. The second-order valence-electron chi connectivity index (χ2n) is 4.71. The van der Waals surface area contributed by atoms with E-state index in [-0.39, 0.29) is 0 Å². The molecule has 0 saturated heterocycles. The number of alkyl halides is 1. The molecule has 0 unspecified atom stereocenters. The van der Waals surface area contributed by atoms with Crippen LogP contribution in [0.1, 0.15) is 16.7 Å². The standard InChI is InChI=1S/C17H19ClO2/c1-13-4-3-5-14(10-13)8-9-20-16-7-6-15(12-18)11-17(16)19-2/h3-7,10-11H,8-9,12H2,1-2H3. The second-order valence-corrected chi connectivity index (χ2v) is 4.97. The summed E-state index contributed by atoms with van der Waals surface area (Å²) >= 11 is 5.81. The van der Waals surface area contributed by atoms with Crippen LogP contribution < -0.4 is 9.47 Å². The first-order chi connectivity index (χ1) is 9.72. The van der Waals surface area contributed by atoms with Crippen molar-refractivity contribution in [3.8, 4) is 11.5 Å². The number of hydrogen-bond acceptors (Lipinski definition) is 2. The van der Waals surface area contributed by atoms with Crippen LogP contribution in [0.3, 0.4) is 0 Å². The van der Waals surface area contributed by atoms with Crippen molar-refractivity contribution >= 4 is 11.6 Å². The molecule has 0 amide bonds. The first kappa shape index (κ1) is 14.7. The molecule has 2 aromatic rings. The van der Waals surface area contributed by atoms with E-state index in [0.717, 1.165) is 23.5 Å². The maximum absolute atomic E-state index is 5.81. The Morgan fingerprint density at radius 1 is 1.00 bits per heavy atom. The van der Waals surface area contributed by atoms with Crippen LogP contribution in [0, 0.1) is 6.92 Å². The van der Waals surface area contributed by atoms with E-state index in [2.05, 4.69) is 31.2 Å². The molecular weight excluding hydrogens is 272 g/mol. The zero-order valence-corrected chi connectivity index (χ0v) is 12.6. The molecule has 0 saturated carbocycles. The van der Waals surface area contributed by atoms with Crippen molar-refractivity contribution in [3.05, 3.63) is 59.2 Å². The molecule has 0 spiro atoms. The lowest BCUT2D eigenvalue weighted by atomic mass is 10.1. The number of halogens is 1. The van der Waals surface area contributed by atoms with Gasteiger partial charge in [0.2, 0.25) is 0 Å². The number of hydrogen-bond donors (Lipinski definition) is 0. The Bertz CT molecular complexity index is 567. The van der Waals surface area contributed by atoms with Crippen molar-refractivity contribution in [2.45, 2.75) is 19.2 Å². The molecule has 0 radical (unpaired) electrons. The Balaban J connectivity index is 1.97. The summed E-state index contributed by atoms with van der Waals surface area (Å²) in [6.45, 7) is 2.72. The van der Waals surface area contributed by atoms with Gasteiger partial charge in [0, 0.05) is 12.3 Å². The minimum atomic E-state index is 0.472. The summed E-state index contributed by atoms with van der Waals surface area (Å²) in [5.74, 6) is 1.96. The Morgan fingerprint density at radius 2 is 1.85 bits per heavy atom. The molecule has 20 heavy (non-hydrogen) atoms. The molecule has 2 nitrogen and oxygen atoms in total. The zero-order valence-electron chi connectivity index (χ0n) is 11.9. The van der Waals surface area contributed by atoms with Crippen molar-refractivity contribution in [2.75, 3.05) is 13.7 Å². The average molecular weight is 291 g/mol. The van der Waals surface area contributed by atoms with Crippen molar-refractivity contribution < 1.29 is 9.47 Å². The molecule has 0 atom stereocenters. The van der Waals surface area contributed by atoms with Gasteiger partial charge in [-0.25, -0.2) is 0 Å². The highest BCUT2D eigenvalue weighted by molar-refractivity contribution is 6.17. The van der Waals surface area contributed by atoms with Gasteiger partial charge in [0.1, 0.15) is 0 Å². The van der Waals surface area contributed by atoms with Gasteiger partial charge >= 0.3 is 0 Å². The monoisotopic (exact) mass is 290 g/mol. The molecule has 2 rings (SSSR count). The largest absolute Gasteiger partial charge is 0.493 e. The highest BCUT2D eigenvalue weighted by Gasteiger charge is 2.05. The fourth-order valence-electron chi connectivity index (χ4n) is 2.06. The molecule has 0 aliphatic carbocycles. The highest BCUT2D eigenvalue weighted by Crippen LogP contribution is 2.28. The van der Waals surface area contributed by atoms with Gasteiger partial charge in [0.15, 0.2) is 11.5 Å². The maximum Gasteiger partial charge on any atom is 0.161 e. The number of benzene rings is 2. The molecule has 0 bridgehead atoms. The van der Waals surface area contributed by atoms with Crippen LogP contribution in [0.5, 0.6) is 11.5 Å². The van der Waals surface area contributed by atoms with E-state index in [4.69, 9.17) is 21.1 Å². The van der Waals surface area contributed by atoms with Gasteiger partial charge in [0.25, 0.3) is 0 Å². The summed E-state index contributed by atoms with van der Waals surface area (Å²) in [4.78, 5) is 0. The lowest BCUT2D eigenvalue weighted by Gasteiger charge is -2.11. The summed E-state index contributed by atoms with van der Waals surface area (Å²) in [6, 6.07) is 14.2. The first-order valence-electron chi connectivity index (χ1n) is 6.64. The van der Waals surface area contributed by atoms with Crippen molar-refractivity contribution in [2.24, 2.45) is 0 Å². The summed E-state index contributed by atoms with van der Waals surface area (Å²) in [5, 5.41) is 0. The summed E-state index contributed by atoms with van der Waals surface area (Å²) in [7, 11) is 1.64. The predicted molar refractivity (Wildman–Crippen MR) is 82.9 cm³/mol.